The van der Waals surface area contributed by atoms with Crippen molar-refractivity contribution in [2.45, 2.75) is 19.3 Å². The molecule has 26 heavy (non-hydrogen) atoms. The van der Waals surface area contributed by atoms with E-state index in [1.54, 1.807) is 6.33 Å². The maximum atomic E-state index is 8.93. The zero-order valence-electron chi connectivity index (χ0n) is 15.0. The van der Waals surface area contributed by atoms with Gasteiger partial charge in [0.2, 0.25) is 0 Å². The van der Waals surface area contributed by atoms with Gasteiger partial charge < -0.3 is 14.7 Å². The van der Waals surface area contributed by atoms with Crippen LogP contribution in [-0.2, 0) is 0 Å². The first kappa shape index (κ1) is 16.6. The Bertz CT molecular complexity index is 768. The van der Waals surface area contributed by atoms with Gasteiger partial charge in [0, 0.05) is 51.0 Å². The second-order valence-corrected chi connectivity index (χ2v) is 6.91. The number of nitriles is 1. The van der Waals surface area contributed by atoms with Gasteiger partial charge in [-0.2, -0.15) is 5.26 Å². The highest BCUT2D eigenvalue weighted by molar-refractivity contribution is 5.54. The summed E-state index contributed by atoms with van der Waals surface area (Å²) in [6.45, 7) is 5.99. The van der Waals surface area contributed by atoms with Crippen LogP contribution in [0.4, 0.5) is 17.3 Å². The molecule has 1 aromatic carbocycles. The first-order chi connectivity index (χ1) is 12.8. The molecule has 6 heteroatoms. The number of rotatable bonds is 3. The summed E-state index contributed by atoms with van der Waals surface area (Å²) in [5.41, 5.74) is 1.89. The summed E-state index contributed by atoms with van der Waals surface area (Å²) in [5.74, 6) is 2.09. The largest absolute Gasteiger partial charge is 0.368 e. The van der Waals surface area contributed by atoms with Gasteiger partial charge in [0.05, 0.1) is 11.6 Å². The lowest BCUT2D eigenvalue weighted by atomic mass is 10.1. The molecule has 0 saturated carbocycles. The summed E-state index contributed by atoms with van der Waals surface area (Å²) in [6, 6.07) is 12.2. The molecule has 3 heterocycles. The summed E-state index contributed by atoms with van der Waals surface area (Å²) >= 11 is 0. The van der Waals surface area contributed by atoms with Crippen LogP contribution >= 0.6 is 0 Å². The van der Waals surface area contributed by atoms with Crippen LogP contribution in [0.25, 0.3) is 0 Å². The van der Waals surface area contributed by atoms with Crippen molar-refractivity contribution in [3.63, 3.8) is 0 Å². The van der Waals surface area contributed by atoms with E-state index in [1.165, 1.54) is 24.9 Å². The van der Waals surface area contributed by atoms with Gasteiger partial charge in [-0.3, -0.25) is 0 Å². The van der Waals surface area contributed by atoms with Crippen LogP contribution < -0.4 is 14.7 Å². The highest BCUT2D eigenvalue weighted by atomic mass is 15.3. The Morgan fingerprint density at radius 1 is 0.731 bits per heavy atom. The minimum absolute atomic E-state index is 0.707. The molecular formula is C20H24N6. The molecule has 1 aromatic heterocycles. The van der Waals surface area contributed by atoms with Crippen molar-refractivity contribution in [3.05, 3.63) is 42.2 Å². The normalized spacial score (nSPS) is 17.9. The van der Waals surface area contributed by atoms with Crippen molar-refractivity contribution >= 4 is 17.3 Å². The Balaban J connectivity index is 1.40. The molecule has 0 bridgehead atoms. The number of hydrogen-bond donors (Lipinski definition) is 0. The van der Waals surface area contributed by atoms with Gasteiger partial charge in [-0.15, -0.1) is 0 Å². The maximum absolute atomic E-state index is 8.93. The van der Waals surface area contributed by atoms with Crippen LogP contribution in [0.3, 0.4) is 0 Å². The minimum atomic E-state index is 0.707. The third kappa shape index (κ3) is 3.57. The molecule has 0 N–H and O–H groups in total. The number of piperidine rings is 1. The summed E-state index contributed by atoms with van der Waals surface area (Å²) in [6.07, 6.45) is 5.53. The molecule has 2 fully saturated rings. The number of aromatic nitrogens is 2. The fraction of sp³-hybridized carbons (Fsp3) is 0.450. The molecule has 0 atom stereocenters. The monoisotopic (exact) mass is 348 g/mol. The van der Waals surface area contributed by atoms with Crippen molar-refractivity contribution in [2.24, 2.45) is 0 Å². The Labute approximate surface area is 154 Å². The number of nitrogens with zero attached hydrogens (tertiary/aromatic N) is 6. The molecule has 2 aliphatic heterocycles. The molecule has 0 amide bonds. The molecule has 0 unspecified atom stereocenters. The fourth-order valence-corrected chi connectivity index (χ4v) is 3.75. The van der Waals surface area contributed by atoms with Crippen LogP contribution in [0.1, 0.15) is 24.8 Å². The van der Waals surface area contributed by atoms with Gasteiger partial charge in [-0.1, -0.05) is 0 Å². The van der Waals surface area contributed by atoms with Crippen LogP contribution in [0, 0.1) is 11.3 Å². The molecule has 4 rings (SSSR count). The topological polar surface area (TPSA) is 59.3 Å². The predicted octanol–water partition coefficient (Wildman–Crippen LogP) is 2.67. The smallest absolute Gasteiger partial charge is 0.134 e. The molecule has 2 saturated heterocycles. The van der Waals surface area contributed by atoms with E-state index in [0.29, 0.717) is 5.56 Å². The molecule has 2 aromatic rings. The highest BCUT2D eigenvalue weighted by Gasteiger charge is 2.20. The maximum Gasteiger partial charge on any atom is 0.134 e. The first-order valence-corrected chi connectivity index (χ1v) is 9.40. The van der Waals surface area contributed by atoms with Crippen molar-refractivity contribution in [1.82, 2.24) is 9.97 Å². The first-order valence-electron chi connectivity index (χ1n) is 9.40. The second kappa shape index (κ2) is 7.61. The molecule has 2 aliphatic rings. The van der Waals surface area contributed by atoms with Gasteiger partial charge in [0.15, 0.2) is 0 Å². The molecule has 0 spiro atoms. The summed E-state index contributed by atoms with van der Waals surface area (Å²) in [5, 5.41) is 8.93. The van der Waals surface area contributed by atoms with Gasteiger partial charge in [-0.05, 0) is 43.5 Å². The van der Waals surface area contributed by atoms with Crippen molar-refractivity contribution in [1.29, 1.82) is 5.26 Å². The lowest BCUT2D eigenvalue weighted by Crippen LogP contribution is -2.47. The lowest BCUT2D eigenvalue weighted by Gasteiger charge is -2.37. The van der Waals surface area contributed by atoms with E-state index >= 15 is 0 Å². The Hall–Kier alpha value is -2.81. The average molecular weight is 348 g/mol. The Morgan fingerprint density at radius 2 is 1.31 bits per heavy atom. The van der Waals surface area contributed by atoms with Gasteiger partial charge in [0.1, 0.15) is 18.0 Å². The number of anilines is 3. The van der Waals surface area contributed by atoms with E-state index in [4.69, 9.17) is 5.26 Å². The lowest BCUT2D eigenvalue weighted by molar-refractivity contribution is 0.572. The van der Waals surface area contributed by atoms with E-state index in [0.717, 1.165) is 50.9 Å². The standard InChI is InChI=1S/C20H24N6/c21-15-17-4-6-18(7-5-17)24-10-12-26(13-11-24)20-14-19(22-16-23-20)25-8-2-1-3-9-25/h4-7,14,16H,1-3,8-13H2. The second-order valence-electron chi connectivity index (χ2n) is 6.91. The van der Waals surface area contributed by atoms with Crippen LogP contribution in [-0.4, -0.2) is 49.2 Å². The average Bonchev–Trinajstić information content (AvgIpc) is 2.75. The van der Waals surface area contributed by atoms with E-state index in [9.17, 15) is 0 Å². The van der Waals surface area contributed by atoms with Gasteiger partial charge in [-0.25, -0.2) is 9.97 Å². The Morgan fingerprint density at radius 3 is 1.92 bits per heavy atom. The Kier molecular flexibility index (Phi) is 4.87. The zero-order valence-corrected chi connectivity index (χ0v) is 15.0. The molecule has 6 nitrogen and oxygen atoms in total. The van der Waals surface area contributed by atoms with Gasteiger partial charge >= 0.3 is 0 Å². The molecule has 0 radical (unpaired) electrons. The molecule has 134 valence electrons. The van der Waals surface area contributed by atoms with Crippen molar-refractivity contribution in [3.8, 4) is 6.07 Å². The number of benzene rings is 1. The molecule has 0 aliphatic carbocycles. The van der Waals surface area contributed by atoms with Crippen LogP contribution in [0.2, 0.25) is 0 Å². The quantitative estimate of drug-likeness (QED) is 0.850. The number of piperazine rings is 1. The van der Waals surface area contributed by atoms with Crippen LogP contribution in [0.5, 0.6) is 0 Å². The minimum Gasteiger partial charge on any atom is -0.368 e. The third-order valence-electron chi connectivity index (χ3n) is 5.28. The number of hydrogen-bond acceptors (Lipinski definition) is 6. The SMILES string of the molecule is N#Cc1ccc(N2CCN(c3cc(N4CCCCC4)ncn3)CC2)cc1. The fourth-order valence-electron chi connectivity index (χ4n) is 3.75. The molecular weight excluding hydrogens is 324 g/mol. The van der Waals surface area contributed by atoms with Crippen molar-refractivity contribution < 1.29 is 0 Å². The van der Waals surface area contributed by atoms with E-state index in [1.807, 2.05) is 24.3 Å². The van der Waals surface area contributed by atoms with E-state index in [2.05, 4.69) is 36.8 Å². The summed E-state index contributed by atoms with van der Waals surface area (Å²) in [7, 11) is 0. The highest BCUT2D eigenvalue weighted by Crippen LogP contribution is 2.23. The van der Waals surface area contributed by atoms with E-state index in [-0.39, 0.29) is 0 Å². The van der Waals surface area contributed by atoms with Gasteiger partial charge in [0.25, 0.3) is 0 Å². The summed E-state index contributed by atoms with van der Waals surface area (Å²) in [4.78, 5) is 16.1. The third-order valence-corrected chi connectivity index (χ3v) is 5.28. The zero-order chi connectivity index (χ0) is 17.8. The van der Waals surface area contributed by atoms with E-state index < -0.39 is 0 Å². The predicted molar refractivity (Wildman–Crippen MR) is 104 cm³/mol. The summed E-state index contributed by atoms with van der Waals surface area (Å²) < 4.78 is 0. The van der Waals surface area contributed by atoms with Crippen LogP contribution in [0.15, 0.2) is 36.7 Å². The van der Waals surface area contributed by atoms with Crippen molar-refractivity contribution in [2.75, 3.05) is 54.0 Å².